The second-order valence-electron chi connectivity index (χ2n) is 7.51. The molecule has 0 fully saturated rings. The summed E-state index contributed by atoms with van der Waals surface area (Å²) in [6.45, 7) is 0.232. The first kappa shape index (κ1) is 20.5. The molecule has 5 aromatic rings. The molecule has 0 radical (unpaired) electrons. The molecular weight excluding hydrogens is 420 g/mol. The largest absolute Gasteiger partial charge is 0.497 e. The summed E-state index contributed by atoms with van der Waals surface area (Å²) in [6, 6.07) is 21.6. The van der Waals surface area contributed by atoms with Crippen molar-refractivity contribution in [3.63, 3.8) is 0 Å². The van der Waals surface area contributed by atoms with E-state index in [2.05, 4.69) is 4.98 Å². The molecular formula is C26H20N2O5. The summed E-state index contributed by atoms with van der Waals surface area (Å²) in [5, 5.41) is 0.214. The molecule has 33 heavy (non-hydrogen) atoms. The zero-order valence-corrected chi connectivity index (χ0v) is 18.1. The van der Waals surface area contributed by atoms with Crippen LogP contribution < -0.4 is 20.5 Å². The molecule has 0 bridgehead atoms. The highest BCUT2D eigenvalue weighted by Gasteiger charge is 2.19. The number of rotatable bonds is 5. The highest BCUT2D eigenvalue weighted by Crippen LogP contribution is 2.24. The van der Waals surface area contributed by atoms with Gasteiger partial charge in [0.2, 0.25) is 11.1 Å². The van der Waals surface area contributed by atoms with E-state index < -0.39 is 11.0 Å². The lowest BCUT2D eigenvalue weighted by Crippen LogP contribution is -2.28. The van der Waals surface area contributed by atoms with E-state index in [1.54, 1.807) is 25.3 Å². The summed E-state index contributed by atoms with van der Waals surface area (Å²) in [5.74, 6) is 1.67. The second-order valence-corrected chi connectivity index (χ2v) is 7.51. The summed E-state index contributed by atoms with van der Waals surface area (Å²) in [7, 11) is 3.13. The molecule has 0 unspecified atom stereocenters. The van der Waals surface area contributed by atoms with E-state index in [4.69, 9.17) is 13.9 Å². The van der Waals surface area contributed by atoms with Crippen molar-refractivity contribution in [1.29, 1.82) is 0 Å². The Labute approximate surface area is 188 Å². The van der Waals surface area contributed by atoms with E-state index >= 15 is 0 Å². The summed E-state index contributed by atoms with van der Waals surface area (Å²) in [4.78, 5) is 31.6. The molecule has 0 aliphatic carbocycles. The Bertz CT molecular complexity index is 1590. The summed E-state index contributed by atoms with van der Waals surface area (Å²) in [6.07, 6.45) is 0. The van der Waals surface area contributed by atoms with Crippen molar-refractivity contribution in [2.75, 3.05) is 14.2 Å². The molecule has 2 heterocycles. The minimum atomic E-state index is -0.457. The number of fused-ring (bicyclic) bond motifs is 2. The van der Waals surface area contributed by atoms with Gasteiger partial charge in [-0.15, -0.1) is 0 Å². The number of benzene rings is 3. The highest BCUT2D eigenvalue weighted by molar-refractivity contribution is 5.89. The standard InChI is InChI=1S/C26H20N2O5/c1-31-18-10-8-16(9-11-18)15-28-24(17-6-4-3-5-7-17)27-25-22(26(28)30)23(29)20-13-12-19(32-2)14-21(20)33-25/h3-14H,15H2,1-2H3. The monoisotopic (exact) mass is 440 g/mol. The van der Waals surface area contributed by atoms with Crippen LogP contribution in [0.15, 0.2) is 86.8 Å². The van der Waals surface area contributed by atoms with E-state index in [0.717, 1.165) is 11.1 Å². The van der Waals surface area contributed by atoms with Gasteiger partial charge in [-0.2, -0.15) is 4.98 Å². The van der Waals surface area contributed by atoms with Gasteiger partial charge in [-0.3, -0.25) is 14.2 Å². The minimum absolute atomic E-state index is 0.00409. The van der Waals surface area contributed by atoms with Crippen LogP contribution in [0.4, 0.5) is 0 Å². The Balaban J connectivity index is 1.80. The summed E-state index contributed by atoms with van der Waals surface area (Å²) >= 11 is 0. The Morgan fingerprint density at radius 2 is 1.58 bits per heavy atom. The van der Waals surface area contributed by atoms with Crippen molar-refractivity contribution < 1.29 is 13.9 Å². The highest BCUT2D eigenvalue weighted by atomic mass is 16.5. The molecule has 0 saturated heterocycles. The third-order valence-corrected chi connectivity index (χ3v) is 5.53. The van der Waals surface area contributed by atoms with Gasteiger partial charge in [-0.05, 0) is 29.8 Å². The summed E-state index contributed by atoms with van der Waals surface area (Å²) < 4.78 is 17.9. The molecule has 0 atom stereocenters. The number of ether oxygens (including phenoxy) is 2. The lowest BCUT2D eigenvalue weighted by atomic mass is 10.1. The first-order valence-electron chi connectivity index (χ1n) is 10.3. The Morgan fingerprint density at radius 3 is 2.27 bits per heavy atom. The minimum Gasteiger partial charge on any atom is -0.497 e. The van der Waals surface area contributed by atoms with Crippen molar-refractivity contribution >= 4 is 22.1 Å². The first-order valence-corrected chi connectivity index (χ1v) is 10.3. The van der Waals surface area contributed by atoms with Gasteiger partial charge in [0.15, 0.2) is 5.39 Å². The Morgan fingerprint density at radius 1 is 0.879 bits per heavy atom. The maximum Gasteiger partial charge on any atom is 0.269 e. The number of methoxy groups -OCH3 is 2. The number of hydrogen-bond acceptors (Lipinski definition) is 6. The van der Waals surface area contributed by atoms with Crippen LogP contribution in [-0.2, 0) is 6.54 Å². The molecule has 0 N–H and O–H groups in total. The first-order chi connectivity index (χ1) is 16.1. The predicted molar refractivity (Wildman–Crippen MR) is 126 cm³/mol. The van der Waals surface area contributed by atoms with Crippen LogP contribution >= 0.6 is 0 Å². The zero-order chi connectivity index (χ0) is 22.9. The van der Waals surface area contributed by atoms with Crippen LogP contribution in [0.2, 0.25) is 0 Å². The Hall–Kier alpha value is -4.39. The quantitative estimate of drug-likeness (QED) is 0.380. The smallest absolute Gasteiger partial charge is 0.269 e. The third-order valence-electron chi connectivity index (χ3n) is 5.53. The maximum atomic E-state index is 13.7. The fraction of sp³-hybridized carbons (Fsp3) is 0.115. The van der Waals surface area contributed by atoms with E-state index in [9.17, 15) is 9.59 Å². The molecule has 7 nitrogen and oxygen atoms in total. The van der Waals surface area contributed by atoms with Gasteiger partial charge in [0, 0.05) is 11.6 Å². The SMILES string of the molecule is COc1ccc(Cn2c(-c3ccccc3)nc3oc4cc(OC)ccc4c(=O)c3c2=O)cc1. The number of aromatic nitrogens is 2. The van der Waals surface area contributed by atoms with E-state index in [0.29, 0.717) is 28.3 Å². The molecule has 0 aliphatic rings. The molecule has 7 heteroatoms. The lowest BCUT2D eigenvalue weighted by Gasteiger charge is -2.14. The van der Waals surface area contributed by atoms with Crippen LogP contribution in [0.25, 0.3) is 33.5 Å². The van der Waals surface area contributed by atoms with Crippen molar-refractivity contribution in [1.82, 2.24) is 9.55 Å². The molecule has 3 aromatic carbocycles. The van der Waals surface area contributed by atoms with Crippen LogP contribution in [0.3, 0.4) is 0 Å². The molecule has 0 saturated carbocycles. The number of hydrogen-bond donors (Lipinski definition) is 0. The van der Waals surface area contributed by atoms with Gasteiger partial charge in [0.1, 0.15) is 22.9 Å². The zero-order valence-electron chi connectivity index (χ0n) is 18.1. The lowest BCUT2D eigenvalue weighted by molar-refractivity contribution is 0.414. The van der Waals surface area contributed by atoms with Crippen molar-refractivity contribution in [3.05, 3.63) is 98.9 Å². The van der Waals surface area contributed by atoms with Crippen molar-refractivity contribution in [2.24, 2.45) is 0 Å². The fourth-order valence-corrected chi connectivity index (χ4v) is 3.81. The van der Waals surface area contributed by atoms with E-state index in [1.807, 2.05) is 54.6 Å². The molecule has 0 aliphatic heterocycles. The molecule has 2 aromatic heterocycles. The average Bonchev–Trinajstić information content (AvgIpc) is 2.86. The van der Waals surface area contributed by atoms with Crippen molar-refractivity contribution in [3.8, 4) is 22.9 Å². The van der Waals surface area contributed by atoms with Gasteiger partial charge < -0.3 is 13.9 Å². The van der Waals surface area contributed by atoms with Gasteiger partial charge in [-0.25, -0.2) is 0 Å². The topological polar surface area (TPSA) is 83.6 Å². The van der Waals surface area contributed by atoms with Crippen LogP contribution in [0.1, 0.15) is 5.56 Å². The van der Waals surface area contributed by atoms with Gasteiger partial charge in [0.05, 0.1) is 26.2 Å². The molecule has 5 rings (SSSR count). The average molecular weight is 440 g/mol. The maximum absolute atomic E-state index is 13.7. The van der Waals surface area contributed by atoms with Gasteiger partial charge >= 0.3 is 0 Å². The van der Waals surface area contributed by atoms with E-state index in [1.165, 1.54) is 11.7 Å². The fourth-order valence-electron chi connectivity index (χ4n) is 3.81. The van der Waals surface area contributed by atoms with Crippen LogP contribution in [0, 0.1) is 0 Å². The van der Waals surface area contributed by atoms with Gasteiger partial charge in [0.25, 0.3) is 5.56 Å². The number of nitrogens with zero attached hydrogens (tertiary/aromatic N) is 2. The summed E-state index contributed by atoms with van der Waals surface area (Å²) in [5.41, 5.74) is 1.03. The van der Waals surface area contributed by atoms with Crippen LogP contribution in [-0.4, -0.2) is 23.8 Å². The second kappa shape index (κ2) is 8.27. The van der Waals surface area contributed by atoms with E-state index in [-0.39, 0.29) is 17.6 Å². The molecule has 164 valence electrons. The molecule has 0 amide bonds. The predicted octanol–water partition coefficient (Wildman–Crippen LogP) is 4.24. The van der Waals surface area contributed by atoms with Crippen molar-refractivity contribution in [2.45, 2.75) is 6.54 Å². The third kappa shape index (κ3) is 3.63. The molecule has 0 spiro atoms. The normalized spacial score (nSPS) is 11.1. The van der Waals surface area contributed by atoms with Gasteiger partial charge in [-0.1, -0.05) is 42.5 Å². The van der Waals surface area contributed by atoms with Crippen LogP contribution in [0.5, 0.6) is 11.5 Å². The Kier molecular flexibility index (Phi) is 5.14.